The van der Waals surface area contributed by atoms with Crippen LogP contribution in [0.2, 0.25) is 0 Å². The Morgan fingerprint density at radius 1 is 1.04 bits per heavy atom. The summed E-state index contributed by atoms with van der Waals surface area (Å²) in [5.74, 6) is 2.01. The predicted octanol–water partition coefficient (Wildman–Crippen LogP) is 5.13. The van der Waals surface area contributed by atoms with Crippen LogP contribution in [0, 0.1) is 23.2 Å². The smallest absolute Gasteiger partial charge is 0.0818 e. The van der Waals surface area contributed by atoms with Gasteiger partial charge in [-0.2, -0.15) is 0 Å². The number of hydrogen-bond acceptors (Lipinski definition) is 2. The van der Waals surface area contributed by atoms with Gasteiger partial charge in [-0.05, 0) is 93.1 Å². The molecule has 0 saturated heterocycles. The lowest BCUT2D eigenvalue weighted by atomic mass is 9.41. The van der Waals surface area contributed by atoms with Crippen molar-refractivity contribution >= 4 is 17.2 Å². The van der Waals surface area contributed by atoms with E-state index < -0.39 is 0 Å². The summed E-state index contributed by atoms with van der Waals surface area (Å²) in [6.45, 7) is 5.37. The maximum atomic E-state index is 6.16. The zero-order valence-corrected chi connectivity index (χ0v) is 17.8. The van der Waals surface area contributed by atoms with Crippen LogP contribution in [0.5, 0.6) is 0 Å². The van der Waals surface area contributed by atoms with Crippen LogP contribution in [-0.4, -0.2) is 17.6 Å². The Morgan fingerprint density at radius 2 is 1.68 bits per heavy atom. The van der Waals surface area contributed by atoms with Crippen molar-refractivity contribution in [1.82, 2.24) is 5.32 Å². The molecule has 0 radical (unpaired) electrons. The minimum absolute atomic E-state index is 0.183. The van der Waals surface area contributed by atoms with E-state index in [1.807, 2.05) is 0 Å². The Morgan fingerprint density at radius 3 is 2.29 bits per heavy atom. The van der Waals surface area contributed by atoms with Crippen LogP contribution >= 0.6 is 12.2 Å². The Bertz CT molecular complexity index is 744. The fourth-order valence-electron chi connectivity index (χ4n) is 7.27. The third-order valence-corrected chi connectivity index (χ3v) is 9.21. The third kappa shape index (κ3) is 2.97. The quantitative estimate of drug-likeness (QED) is 0.549. The van der Waals surface area contributed by atoms with E-state index in [0.717, 1.165) is 12.5 Å². The Labute approximate surface area is 175 Å². The predicted molar refractivity (Wildman–Crippen MR) is 120 cm³/mol. The van der Waals surface area contributed by atoms with Crippen molar-refractivity contribution in [2.24, 2.45) is 28.9 Å². The second-order valence-corrected chi connectivity index (χ2v) is 10.7. The standard InChI is InChI=1S/C25H34N2S/c1-17-19-11-24(21-5-3-2-4-6-21)12-20(17)14-25(13-19,16-24)23(28)27-22-9-7-18(15-26)8-10-22/h2-6,18-20,22H,1,7-16,26H2,(H,27,28). The monoisotopic (exact) mass is 394 g/mol. The first-order chi connectivity index (χ1) is 13.5. The van der Waals surface area contributed by atoms with Crippen LogP contribution in [0.4, 0.5) is 0 Å². The van der Waals surface area contributed by atoms with Crippen LogP contribution in [0.3, 0.4) is 0 Å². The fraction of sp³-hybridized carbons (Fsp3) is 0.640. The lowest BCUT2D eigenvalue weighted by Crippen LogP contribution is -2.60. The molecule has 5 saturated carbocycles. The number of allylic oxidation sites excluding steroid dienone is 1. The van der Waals surface area contributed by atoms with Crippen molar-refractivity contribution in [3.8, 4) is 0 Å². The molecule has 0 amide bonds. The molecule has 0 spiro atoms. The van der Waals surface area contributed by atoms with Gasteiger partial charge in [-0.25, -0.2) is 0 Å². The van der Waals surface area contributed by atoms with E-state index >= 15 is 0 Å². The molecule has 6 rings (SSSR count). The number of nitrogens with one attached hydrogen (secondary N) is 1. The van der Waals surface area contributed by atoms with Gasteiger partial charge in [0.15, 0.2) is 0 Å². The van der Waals surface area contributed by atoms with E-state index in [1.165, 1.54) is 73.9 Å². The molecular formula is C25H34N2S. The Hall–Kier alpha value is -1.19. The lowest BCUT2D eigenvalue weighted by molar-refractivity contribution is 0.00611. The molecule has 5 fully saturated rings. The number of nitrogens with two attached hydrogens (primary N) is 1. The molecule has 5 aliphatic carbocycles. The van der Waals surface area contributed by atoms with Gasteiger partial charge in [0.1, 0.15) is 0 Å². The van der Waals surface area contributed by atoms with Crippen molar-refractivity contribution < 1.29 is 0 Å². The SMILES string of the molecule is C=C1C2CC3(C(=S)NC4CCC(CN)CC4)CC1CC(c1ccccc1)(C2)C3. The van der Waals surface area contributed by atoms with E-state index in [-0.39, 0.29) is 5.41 Å². The topological polar surface area (TPSA) is 38.0 Å². The van der Waals surface area contributed by atoms with Gasteiger partial charge < -0.3 is 11.1 Å². The van der Waals surface area contributed by atoms with Crippen molar-refractivity contribution in [1.29, 1.82) is 0 Å². The summed E-state index contributed by atoms with van der Waals surface area (Å²) in [6, 6.07) is 11.8. The van der Waals surface area contributed by atoms with E-state index in [1.54, 1.807) is 0 Å². The molecule has 1 aromatic rings. The molecule has 28 heavy (non-hydrogen) atoms. The number of benzene rings is 1. The minimum atomic E-state index is 0.183. The molecule has 4 bridgehead atoms. The number of hydrogen-bond donors (Lipinski definition) is 2. The summed E-state index contributed by atoms with van der Waals surface area (Å²) in [5.41, 5.74) is 9.42. The highest BCUT2D eigenvalue weighted by Crippen LogP contribution is 2.67. The highest BCUT2D eigenvalue weighted by atomic mass is 32.1. The number of thiocarbonyl (C=S) groups is 1. The van der Waals surface area contributed by atoms with Gasteiger partial charge in [0.2, 0.25) is 0 Å². The van der Waals surface area contributed by atoms with Crippen LogP contribution in [0.1, 0.15) is 63.4 Å². The first-order valence-electron chi connectivity index (χ1n) is 11.3. The summed E-state index contributed by atoms with van der Waals surface area (Å²) in [5, 5.41) is 3.87. The molecule has 2 unspecified atom stereocenters. The van der Waals surface area contributed by atoms with E-state index in [9.17, 15) is 0 Å². The average molecular weight is 395 g/mol. The van der Waals surface area contributed by atoms with E-state index in [2.05, 4.69) is 42.2 Å². The molecule has 1 aromatic carbocycles. The van der Waals surface area contributed by atoms with Gasteiger partial charge in [0.05, 0.1) is 4.99 Å². The second-order valence-electron chi connectivity index (χ2n) is 10.3. The minimum Gasteiger partial charge on any atom is -0.376 e. The average Bonchev–Trinajstić information content (AvgIpc) is 2.72. The van der Waals surface area contributed by atoms with Crippen molar-refractivity contribution in [2.45, 2.75) is 69.2 Å². The van der Waals surface area contributed by atoms with Gasteiger partial charge in [0.25, 0.3) is 0 Å². The maximum Gasteiger partial charge on any atom is 0.0818 e. The lowest BCUT2D eigenvalue weighted by Gasteiger charge is -2.63. The van der Waals surface area contributed by atoms with Gasteiger partial charge in [-0.3, -0.25) is 0 Å². The molecule has 3 heteroatoms. The van der Waals surface area contributed by atoms with Crippen LogP contribution in [0.15, 0.2) is 42.5 Å². The summed E-state index contributed by atoms with van der Waals surface area (Å²) in [4.78, 5) is 1.17. The molecule has 0 aromatic heterocycles. The highest BCUT2D eigenvalue weighted by molar-refractivity contribution is 7.80. The fourth-order valence-corrected chi connectivity index (χ4v) is 7.67. The molecule has 0 aliphatic heterocycles. The summed E-state index contributed by atoms with van der Waals surface area (Å²) >= 11 is 6.16. The summed E-state index contributed by atoms with van der Waals surface area (Å²) in [7, 11) is 0. The first kappa shape index (κ1) is 18.8. The summed E-state index contributed by atoms with van der Waals surface area (Å²) < 4.78 is 0. The van der Waals surface area contributed by atoms with Crippen LogP contribution in [0.25, 0.3) is 0 Å². The third-order valence-electron chi connectivity index (χ3n) is 8.66. The normalized spacial score (nSPS) is 41.8. The van der Waals surface area contributed by atoms with Gasteiger partial charge in [-0.1, -0.05) is 54.7 Å². The highest BCUT2D eigenvalue weighted by Gasteiger charge is 2.61. The van der Waals surface area contributed by atoms with Crippen molar-refractivity contribution in [3.05, 3.63) is 48.0 Å². The molecule has 150 valence electrons. The maximum absolute atomic E-state index is 6.16. The van der Waals surface area contributed by atoms with Crippen LogP contribution in [-0.2, 0) is 5.41 Å². The molecular weight excluding hydrogens is 360 g/mol. The zero-order chi connectivity index (χ0) is 19.4. The van der Waals surface area contributed by atoms with E-state index in [0.29, 0.717) is 23.3 Å². The molecule has 2 atom stereocenters. The van der Waals surface area contributed by atoms with Gasteiger partial charge in [0, 0.05) is 11.5 Å². The summed E-state index contributed by atoms with van der Waals surface area (Å²) in [6.07, 6.45) is 11.2. The molecule has 3 N–H and O–H groups in total. The first-order valence-corrected chi connectivity index (χ1v) is 11.7. The molecule has 0 heterocycles. The van der Waals surface area contributed by atoms with E-state index in [4.69, 9.17) is 18.0 Å². The molecule has 2 nitrogen and oxygen atoms in total. The second kappa shape index (κ2) is 6.95. The number of rotatable bonds is 4. The van der Waals surface area contributed by atoms with Gasteiger partial charge >= 0.3 is 0 Å². The van der Waals surface area contributed by atoms with Gasteiger partial charge in [-0.15, -0.1) is 0 Å². The Kier molecular flexibility index (Phi) is 4.67. The molecule has 5 aliphatic rings. The van der Waals surface area contributed by atoms with Crippen LogP contribution < -0.4 is 11.1 Å². The van der Waals surface area contributed by atoms with Crippen molar-refractivity contribution in [3.63, 3.8) is 0 Å². The largest absolute Gasteiger partial charge is 0.376 e. The van der Waals surface area contributed by atoms with Crippen molar-refractivity contribution in [2.75, 3.05) is 6.54 Å². The Balaban J connectivity index is 1.39. The zero-order valence-electron chi connectivity index (χ0n) is 17.0.